The molecule has 2 nitrogen and oxygen atoms in total. The van der Waals surface area contributed by atoms with Gasteiger partial charge in [-0.25, -0.2) is 0 Å². The van der Waals surface area contributed by atoms with Crippen LogP contribution >= 0.6 is 11.8 Å². The van der Waals surface area contributed by atoms with E-state index in [1.54, 1.807) is 0 Å². The highest BCUT2D eigenvalue weighted by atomic mass is 32.2. The van der Waals surface area contributed by atoms with Gasteiger partial charge in [-0.05, 0) is 12.5 Å². The maximum Gasteiger partial charge on any atom is 0.405 e. The molecule has 0 bridgehead atoms. The van der Waals surface area contributed by atoms with E-state index in [0.717, 1.165) is 11.1 Å². The number of nitrogens with one attached hydrogen (secondary N) is 1. The number of hydrogen-bond acceptors (Lipinski definition) is 2. The van der Waals surface area contributed by atoms with Crippen molar-refractivity contribution in [2.75, 3.05) is 12.3 Å². The Balaban J connectivity index is 2.23. The molecule has 0 atom stereocenters. The molecule has 100 valence electrons. The van der Waals surface area contributed by atoms with Gasteiger partial charge >= 0.3 is 6.18 Å². The van der Waals surface area contributed by atoms with E-state index in [-0.39, 0.29) is 5.75 Å². The number of hydrogen-bond donors (Lipinski definition) is 1. The van der Waals surface area contributed by atoms with Crippen molar-refractivity contribution in [1.29, 1.82) is 0 Å². The predicted molar refractivity (Wildman–Crippen MR) is 66.4 cm³/mol. The topological polar surface area (TPSA) is 29.1 Å². The second-order valence-corrected chi connectivity index (χ2v) is 4.86. The summed E-state index contributed by atoms with van der Waals surface area (Å²) in [5.74, 6) is 0.0514. The predicted octanol–water partition coefficient (Wildman–Crippen LogP) is 2.91. The fourth-order valence-corrected chi connectivity index (χ4v) is 2.12. The van der Waals surface area contributed by atoms with E-state index in [1.807, 2.05) is 36.5 Å². The largest absolute Gasteiger partial charge is 0.405 e. The Labute approximate surface area is 108 Å². The van der Waals surface area contributed by atoms with Crippen LogP contribution in [-0.2, 0) is 10.5 Å². The summed E-state index contributed by atoms with van der Waals surface area (Å²) >= 11 is 1.29. The lowest BCUT2D eigenvalue weighted by Crippen LogP contribution is -2.34. The molecular weight excluding hydrogens is 263 g/mol. The van der Waals surface area contributed by atoms with Crippen molar-refractivity contribution < 1.29 is 18.0 Å². The van der Waals surface area contributed by atoms with Crippen LogP contribution in [0.4, 0.5) is 13.2 Å². The van der Waals surface area contributed by atoms with Gasteiger partial charge in [-0.15, -0.1) is 11.8 Å². The Bertz CT molecular complexity index is 407. The van der Waals surface area contributed by atoms with Gasteiger partial charge in [-0.2, -0.15) is 13.2 Å². The van der Waals surface area contributed by atoms with Gasteiger partial charge in [0.15, 0.2) is 0 Å². The van der Waals surface area contributed by atoms with Crippen molar-refractivity contribution in [2.24, 2.45) is 0 Å². The van der Waals surface area contributed by atoms with Gasteiger partial charge in [0, 0.05) is 5.75 Å². The zero-order chi connectivity index (χ0) is 13.6. The molecule has 0 aliphatic heterocycles. The summed E-state index contributed by atoms with van der Waals surface area (Å²) in [6.45, 7) is 0.695. The van der Waals surface area contributed by atoms with E-state index in [4.69, 9.17) is 0 Å². The minimum absolute atomic E-state index is 0.0318. The van der Waals surface area contributed by atoms with Crippen LogP contribution in [0.15, 0.2) is 24.3 Å². The van der Waals surface area contributed by atoms with Gasteiger partial charge in [0.05, 0.1) is 5.75 Å². The number of carbonyl (C=O) groups is 1. The molecule has 1 rings (SSSR count). The standard InChI is InChI=1S/C12H14F3NOS/c1-9-3-2-4-10(5-9)6-18-7-11(17)16-8-12(13,14)15/h2-5H,6-8H2,1H3,(H,16,17). The van der Waals surface area contributed by atoms with Gasteiger partial charge < -0.3 is 5.32 Å². The number of alkyl halides is 3. The van der Waals surface area contributed by atoms with Gasteiger partial charge in [0.1, 0.15) is 6.54 Å². The summed E-state index contributed by atoms with van der Waals surface area (Å²) in [6.07, 6.45) is -4.35. The molecule has 0 fully saturated rings. The Kier molecular flexibility index (Phi) is 5.53. The quantitative estimate of drug-likeness (QED) is 0.896. The number of carbonyl (C=O) groups excluding carboxylic acids is 1. The summed E-state index contributed by atoms with van der Waals surface area (Å²) in [6, 6.07) is 7.79. The highest BCUT2D eigenvalue weighted by Gasteiger charge is 2.27. The number of halogens is 3. The van der Waals surface area contributed by atoms with Crippen LogP contribution in [0.25, 0.3) is 0 Å². The van der Waals surface area contributed by atoms with E-state index in [2.05, 4.69) is 0 Å². The fraction of sp³-hybridized carbons (Fsp3) is 0.417. The normalized spacial score (nSPS) is 11.3. The first-order chi connectivity index (χ1) is 8.37. The zero-order valence-corrected chi connectivity index (χ0v) is 10.7. The van der Waals surface area contributed by atoms with Crippen molar-refractivity contribution in [3.63, 3.8) is 0 Å². The van der Waals surface area contributed by atoms with Crippen LogP contribution in [0.5, 0.6) is 0 Å². The zero-order valence-electron chi connectivity index (χ0n) is 9.88. The van der Waals surface area contributed by atoms with E-state index >= 15 is 0 Å². The summed E-state index contributed by atoms with van der Waals surface area (Å²) in [5.41, 5.74) is 2.18. The number of benzene rings is 1. The van der Waals surface area contributed by atoms with Crippen molar-refractivity contribution in [3.05, 3.63) is 35.4 Å². The molecule has 1 aromatic carbocycles. The molecule has 0 saturated carbocycles. The number of aryl methyl sites for hydroxylation is 1. The first-order valence-corrected chi connectivity index (χ1v) is 6.49. The van der Waals surface area contributed by atoms with Crippen molar-refractivity contribution >= 4 is 17.7 Å². The van der Waals surface area contributed by atoms with Crippen molar-refractivity contribution in [1.82, 2.24) is 5.32 Å². The second-order valence-electron chi connectivity index (χ2n) is 3.87. The van der Waals surface area contributed by atoms with Crippen LogP contribution in [0.2, 0.25) is 0 Å². The third kappa shape index (κ3) is 6.54. The monoisotopic (exact) mass is 277 g/mol. The molecule has 0 radical (unpaired) electrons. The first-order valence-electron chi connectivity index (χ1n) is 5.33. The summed E-state index contributed by atoms with van der Waals surface area (Å²) in [7, 11) is 0. The molecule has 0 saturated heterocycles. The minimum atomic E-state index is -4.35. The van der Waals surface area contributed by atoms with Crippen molar-refractivity contribution in [3.8, 4) is 0 Å². The van der Waals surface area contributed by atoms with E-state index in [0.29, 0.717) is 5.75 Å². The number of amides is 1. The van der Waals surface area contributed by atoms with Gasteiger partial charge in [-0.1, -0.05) is 29.8 Å². The Morgan fingerprint density at radius 3 is 2.72 bits per heavy atom. The van der Waals surface area contributed by atoms with Crippen molar-refractivity contribution in [2.45, 2.75) is 18.9 Å². The lowest BCUT2D eigenvalue weighted by atomic mass is 10.2. The molecule has 0 heterocycles. The number of thioether (sulfide) groups is 1. The molecule has 1 aromatic rings. The summed E-state index contributed by atoms with van der Waals surface area (Å²) in [4.78, 5) is 11.1. The molecule has 1 N–H and O–H groups in total. The third-order valence-corrected chi connectivity index (χ3v) is 3.07. The van der Waals surface area contributed by atoms with E-state index in [9.17, 15) is 18.0 Å². The first kappa shape index (κ1) is 14.9. The fourth-order valence-electron chi connectivity index (χ4n) is 1.31. The molecule has 6 heteroatoms. The molecule has 1 amide bonds. The SMILES string of the molecule is Cc1cccc(CSCC(=O)NCC(F)(F)F)c1. The second kappa shape index (κ2) is 6.68. The van der Waals surface area contributed by atoms with E-state index < -0.39 is 18.6 Å². The lowest BCUT2D eigenvalue weighted by Gasteiger charge is -2.08. The Morgan fingerprint density at radius 2 is 2.11 bits per heavy atom. The number of rotatable bonds is 5. The highest BCUT2D eigenvalue weighted by Crippen LogP contribution is 2.14. The summed E-state index contributed by atoms with van der Waals surface area (Å²) < 4.78 is 35.5. The minimum Gasteiger partial charge on any atom is -0.346 e. The van der Waals surface area contributed by atoms with Gasteiger partial charge in [0.2, 0.25) is 5.91 Å². The van der Waals surface area contributed by atoms with Gasteiger partial charge in [0.25, 0.3) is 0 Å². The molecular formula is C12H14F3NOS. The molecule has 0 aliphatic carbocycles. The third-order valence-electron chi connectivity index (χ3n) is 2.07. The summed E-state index contributed by atoms with van der Waals surface area (Å²) in [5, 5.41) is 1.84. The van der Waals surface area contributed by atoms with Crippen LogP contribution in [0, 0.1) is 6.92 Å². The molecule has 0 aliphatic rings. The lowest BCUT2D eigenvalue weighted by molar-refractivity contribution is -0.136. The Morgan fingerprint density at radius 1 is 1.39 bits per heavy atom. The maximum absolute atomic E-state index is 11.8. The van der Waals surface area contributed by atoms with Crippen LogP contribution in [0.3, 0.4) is 0 Å². The van der Waals surface area contributed by atoms with Crippen LogP contribution in [-0.4, -0.2) is 24.4 Å². The molecule has 18 heavy (non-hydrogen) atoms. The van der Waals surface area contributed by atoms with Crippen LogP contribution in [0.1, 0.15) is 11.1 Å². The highest BCUT2D eigenvalue weighted by molar-refractivity contribution is 7.99. The molecule has 0 unspecified atom stereocenters. The Hall–Kier alpha value is -1.17. The molecule has 0 spiro atoms. The van der Waals surface area contributed by atoms with Crippen LogP contribution < -0.4 is 5.32 Å². The van der Waals surface area contributed by atoms with E-state index in [1.165, 1.54) is 11.8 Å². The average Bonchev–Trinajstić information content (AvgIpc) is 2.25. The molecule has 0 aromatic heterocycles. The maximum atomic E-state index is 11.8. The average molecular weight is 277 g/mol. The van der Waals surface area contributed by atoms with Gasteiger partial charge in [-0.3, -0.25) is 4.79 Å². The smallest absolute Gasteiger partial charge is 0.346 e.